The zero-order chi connectivity index (χ0) is 20.5. The number of rotatable bonds is 7. The SMILES string of the molecule is O=C(CNC(=O)c1cccc(Br)c1)N/N=C\c1cccc(Oc2ccccc2)c1. The second-order valence-electron chi connectivity index (χ2n) is 5.97. The third-order valence-electron chi connectivity index (χ3n) is 3.74. The predicted molar refractivity (Wildman–Crippen MR) is 115 cm³/mol. The molecule has 0 aliphatic heterocycles. The lowest BCUT2D eigenvalue weighted by atomic mass is 10.2. The molecule has 29 heavy (non-hydrogen) atoms. The summed E-state index contributed by atoms with van der Waals surface area (Å²) in [4.78, 5) is 23.9. The van der Waals surface area contributed by atoms with Crippen LogP contribution >= 0.6 is 15.9 Å². The number of nitrogens with zero attached hydrogens (tertiary/aromatic N) is 1. The summed E-state index contributed by atoms with van der Waals surface area (Å²) >= 11 is 3.30. The van der Waals surface area contributed by atoms with E-state index in [9.17, 15) is 9.59 Å². The lowest BCUT2D eigenvalue weighted by molar-refractivity contribution is -0.120. The molecule has 6 nitrogen and oxygen atoms in total. The fraction of sp³-hybridized carbons (Fsp3) is 0.0455. The van der Waals surface area contributed by atoms with Gasteiger partial charge in [-0.05, 0) is 48.0 Å². The first-order valence-electron chi connectivity index (χ1n) is 8.79. The lowest BCUT2D eigenvalue weighted by Crippen LogP contribution is -2.34. The minimum atomic E-state index is -0.429. The first-order valence-corrected chi connectivity index (χ1v) is 9.58. The summed E-state index contributed by atoms with van der Waals surface area (Å²) in [6, 6.07) is 23.7. The quantitative estimate of drug-likeness (QED) is 0.418. The number of ether oxygens (including phenoxy) is 1. The van der Waals surface area contributed by atoms with Crippen LogP contribution in [0.25, 0.3) is 0 Å². The number of halogens is 1. The molecule has 0 bridgehead atoms. The third kappa shape index (κ3) is 6.58. The Hall–Kier alpha value is -3.45. The number of para-hydroxylation sites is 1. The fourth-order valence-corrected chi connectivity index (χ4v) is 2.79. The van der Waals surface area contributed by atoms with E-state index >= 15 is 0 Å². The molecule has 0 atom stereocenters. The van der Waals surface area contributed by atoms with Crippen molar-refractivity contribution in [2.24, 2.45) is 5.10 Å². The molecular weight excluding hydrogens is 434 g/mol. The Morgan fingerprint density at radius 2 is 1.69 bits per heavy atom. The van der Waals surface area contributed by atoms with Gasteiger partial charge in [-0.15, -0.1) is 0 Å². The number of carbonyl (C=O) groups is 2. The molecule has 0 heterocycles. The number of benzene rings is 3. The van der Waals surface area contributed by atoms with Gasteiger partial charge in [0.05, 0.1) is 12.8 Å². The van der Waals surface area contributed by atoms with Gasteiger partial charge >= 0.3 is 0 Å². The average Bonchev–Trinajstić information content (AvgIpc) is 2.73. The zero-order valence-electron chi connectivity index (χ0n) is 15.3. The third-order valence-corrected chi connectivity index (χ3v) is 4.23. The van der Waals surface area contributed by atoms with E-state index < -0.39 is 5.91 Å². The van der Waals surface area contributed by atoms with Gasteiger partial charge in [-0.1, -0.05) is 52.3 Å². The molecule has 2 amide bonds. The smallest absolute Gasteiger partial charge is 0.259 e. The summed E-state index contributed by atoms with van der Waals surface area (Å²) < 4.78 is 6.55. The highest BCUT2D eigenvalue weighted by molar-refractivity contribution is 9.10. The van der Waals surface area contributed by atoms with Crippen LogP contribution in [0.1, 0.15) is 15.9 Å². The van der Waals surface area contributed by atoms with Crippen molar-refractivity contribution in [2.45, 2.75) is 0 Å². The summed E-state index contributed by atoms with van der Waals surface area (Å²) in [6.07, 6.45) is 1.51. The van der Waals surface area contributed by atoms with Crippen molar-refractivity contribution in [3.05, 3.63) is 94.5 Å². The van der Waals surface area contributed by atoms with Gasteiger partial charge in [-0.3, -0.25) is 9.59 Å². The highest BCUT2D eigenvalue weighted by Gasteiger charge is 2.07. The highest BCUT2D eigenvalue weighted by atomic mass is 79.9. The van der Waals surface area contributed by atoms with Crippen LogP contribution in [-0.4, -0.2) is 24.6 Å². The molecule has 0 aliphatic carbocycles. The molecule has 0 radical (unpaired) electrons. The molecule has 146 valence electrons. The van der Waals surface area contributed by atoms with Crippen molar-refractivity contribution in [3.63, 3.8) is 0 Å². The number of hydrogen-bond donors (Lipinski definition) is 2. The molecule has 0 aromatic heterocycles. The van der Waals surface area contributed by atoms with Gasteiger partial charge in [-0.2, -0.15) is 5.10 Å². The normalized spacial score (nSPS) is 10.5. The molecule has 0 saturated heterocycles. The van der Waals surface area contributed by atoms with Crippen LogP contribution in [0.2, 0.25) is 0 Å². The maximum Gasteiger partial charge on any atom is 0.259 e. The second-order valence-corrected chi connectivity index (χ2v) is 6.89. The molecule has 0 fully saturated rings. The molecule has 2 N–H and O–H groups in total. The Labute approximate surface area is 176 Å². The highest BCUT2D eigenvalue weighted by Crippen LogP contribution is 2.21. The zero-order valence-corrected chi connectivity index (χ0v) is 16.9. The molecule has 0 saturated carbocycles. The Bertz CT molecular complexity index is 1020. The summed E-state index contributed by atoms with van der Waals surface area (Å²) in [6.45, 7) is -0.181. The lowest BCUT2D eigenvalue weighted by Gasteiger charge is -2.06. The van der Waals surface area contributed by atoms with E-state index in [0.29, 0.717) is 11.3 Å². The van der Waals surface area contributed by atoms with Crippen LogP contribution in [0, 0.1) is 0 Å². The van der Waals surface area contributed by atoms with Crippen molar-refractivity contribution in [3.8, 4) is 11.5 Å². The Morgan fingerprint density at radius 1 is 0.931 bits per heavy atom. The van der Waals surface area contributed by atoms with E-state index in [1.807, 2.05) is 54.6 Å². The minimum absolute atomic E-state index is 0.181. The summed E-state index contributed by atoms with van der Waals surface area (Å²) in [5.74, 6) is 0.626. The van der Waals surface area contributed by atoms with Crippen LogP contribution in [-0.2, 0) is 4.79 Å². The fourth-order valence-electron chi connectivity index (χ4n) is 2.39. The van der Waals surface area contributed by atoms with Gasteiger partial charge in [0, 0.05) is 10.0 Å². The number of amides is 2. The van der Waals surface area contributed by atoms with E-state index in [2.05, 4.69) is 31.8 Å². The summed E-state index contributed by atoms with van der Waals surface area (Å²) in [7, 11) is 0. The van der Waals surface area contributed by atoms with Crippen molar-refractivity contribution >= 4 is 34.0 Å². The Balaban J connectivity index is 1.48. The van der Waals surface area contributed by atoms with Crippen LogP contribution in [0.3, 0.4) is 0 Å². The van der Waals surface area contributed by atoms with E-state index in [0.717, 1.165) is 15.8 Å². The second kappa shape index (κ2) is 10.2. The van der Waals surface area contributed by atoms with Crippen LogP contribution in [0.4, 0.5) is 0 Å². The molecule has 0 unspecified atom stereocenters. The van der Waals surface area contributed by atoms with Crippen LogP contribution in [0.15, 0.2) is 88.4 Å². The van der Waals surface area contributed by atoms with Gasteiger partial charge in [0.25, 0.3) is 11.8 Å². The predicted octanol–water partition coefficient (Wildman–Crippen LogP) is 4.12. The Kier molecular flexibility index (Phi) is 7.13. The number of nitrogens with one attached hydrogen (secondary N) is 2. The maximum atomic E-state index is 12.0. The van der Waals surface area contributed by atoms with E-state index in [4.69, 9.17) is 4.74 Å². The van der Waals surface area contributed by atoms with Gasteiger partial charge in [-0.25, -0.2) is 5.43 Å². The van der Waals surface area contributed by atoms with Crippen LogP contribution in [0.5, 0.6) is 11.5 Å². The van der Waals surface area contributed by atoms with Crippen molar-refractivity contribution in [2.75, 3.05) is 6.54 Å². The van der Waals surface area contributed by atoms with Gasteiger partial charge in [0.1, 0.15) is 11.5 Å². The maximum absolute atomic E-state index is 12.0. The molecule has 7 heteroatoms. The molecule has 3 aromatic rings. The van der Waals surface area contributed by atoms with E-state index in [1.54, 1.807) is 24.3 Å². The molecule has 3 rings (SSSR count). The van der Waals surface area contributed by atoms with Gasteiger partial charge in [0.2, 0.25) is 0 Å². The van der Waals surface area contributed by atoms with E-state index in [-0.39, 0.29) is 12.5 Å². The minimum Gasteiger partial charge on any atom is -0.457 e. The molecule has 0 aliphatic rings. The first-order chi connectivity index (χ1) is 14.1. The van der Waals surface area contributed by atoms with Crippen molar-refractivity contribution in [1.82, 2.24) is 10.7 Å². The number of hydrazone groups is 1. The number of carbonyl (C=O) groups excluding carboxylic acids is 2. The molecule has 3 aromatic carbocycles. The molecular formula is C22H18BrN3O3. The van der Waals surface area contributed by atoms with Crippen molar-refractivity contribution in [1.29, 1.82) is 0 Å². The summed E-state index contributed by atoms with van der Waals surface area (Å²) in [5.41, 5.74) is 3.61. The average molecular weight is 452 g/mol. The topological polar surface area (TPSA) is 79.8 Å². The number of hydrogen-bond acceptors (Lipinski definition) is 4. The van der Waals surface area contributed by atoms with Crippen molar-refractivity contribution < 1.29 is 14.3 Å². The van der Waals surface area contributed by atoms with Crippen LogP contribution < -0.4 is 15.5 Å². The van der Waals surface area contributed by atoms with Gasteiger partial charge < -0.3 is 10.1 Å². The Morgan fingerprint density at radius 3 is 2.48 bits per heavy atom. The monoisotopic (exact) mass is 451 g/mol. The standard InChI is InChI=1S/C22H18BrN3O3/c23-18-8-5-7-17(13-18)22(28)24-15-21(27)26-25-14-16-6-4-11-20(12-16)29-19-9-2-1-3-10-19/h1-14H,15H2,(H,24,28)(H,26,27)/b25-14-. The molecule has 0 spiro atoms. The largest absolute Gasteiger partial charge is 0.457 e. The summed E-state index contributed by atoms with van der Waals surface area (Å²) in [5, 5.41) is 6.46. The van der Waals surface area contributed by atoms with Gasteiger partial charge in [0.15, 0.2) is 0 Å². The van der Waals surface area contributed by atoms with E-state index in [1.165, 1.54) is 6.21 Å². The first kappa shape index (κ1) is 20.3.